The molecule has 4 rings (SSSR count). The number of halogens is 2. The van der Waals surface area contributed by atoms with Crippen LogP contribution in [0.2, 0.25) is 0 Å². The van der Waals surface area contributed by atoms with E-state index in [0.717, 1.165) is 74.7 Å². The lowest BCUT2D eigenvalue weighted by Gasteiger charge is -2.26. The third-order valence-electron chi connectivity index (χ3n) is 8.81. The van der Waals surface area contributed by atoms with E-state index in [4.69, 9.17) is 9.47 Å². The van der Waals surface area contributed by atoms with Crippen molar-refractivity contribution in [3.05, 3.63) is 111 Å². The molecule has 3 nitrogen and oxygen atoms in total. The first-order valence-corrected chi connectivity index (χ1v) is 19.0. The summed E-state index contributed by atoms with van der Waals surface area (Å²) >= 11 is 7.24. The minimum Gasteiger partial charge on any atom is -0.493 e. The molecule has 0 saturated carbocycles. The Balaban J connectivity index is 1.55. The van der Waals surface area contributed by atoms with Crippen molar-refractivity contribution in [3.63, 3.8) is 0 Å². The molecule has 0 aliphatic carbocycles. The summed E-state index contributed by atoms with van der Waals surface area (Å²) < 4.78 is 14.6. The molecular formula is C42H51Br2NO2. The summed E-state index contributed by atoms with van der Waals surface area (Å²) in [5.41, 5.74) is 5.51. The average Bonchev–Trinajstić information content (AvgIpc) is 3.10. The molecule has 0 heterocycles. The highest BCUT2D eigenvalue weighted by Gasteiger charge is 2.14. The first-order valence-electron chi connectivity index (χ1n) is 17.4. The highest BCUT2D eigenvalue weighted by Crippen LogP contribution is 2.37. The van der Waals surface area contributed by atoms with Crippen LogP contribution in [0.1, 0.15) is 90.2 Å². The molecule has 4 aromatic carbocycles. The zero-order chi connectivity index (χ0) is 33.4. The van der Waals surface area contributed by atoms with Crippen LogP contribution < -0.4 is 14.4 Å². The standard InChI is InChI=1S/C42H51Br2NO2/c1-5-9-11-32(7-3)30-46-40-24-20-38(21-25-40)45(39-22-26-41(27-23-39)47-31-33(8-4)12-10-6-2)37-18-14-34(15-19-37)13-16-35-29-36(43)17-28-42(35)44/h13-29,32-33H,5-12,30-31H2,1-4H3/b16-13+. The fourth-order valence-corrected chi connectivity index (χ4v) is 6.37. The van der Waals surface area contributed by atoms with E-state index in [2.05, 4.69) is 162 Å². The Bertz CT molecular complexity index is 1440. The Morgan fingerprint density at radius 3 is 1.51 bits per heavy atom. The minimum absolute atomic E-state index is 0.600. The van der Waals surface area contributed by atoms with Gasteiger partial charge in [-0.1, -0.05) is 122 Å². The smallest absolute Gasteiger partial charge is 0.119 e. The average molecular weight is 762 g/mol. The van der Waals surface area contributed by atoms with Crippen LogP contribution in [-0.4, -0.2) is 13.2 Å². The lowest BCUT2D eigenvalue weighted by Crippen LogP contribution is -2.12. The molecule has 0 saturated heterocycles. The highest BCUT2D eigenvalue weighted by atomic mass is 79.9. The number of anilines is 3. The van der Waals surface area contributed by atoms with Gasteiger partial charge >= 0.3 is 0 Å². The molecule has 0 bridgehead atoms. The molecule has 5 heteroatoms. The number of unbranched alkanes of at least 4 members (excludes halogenated alkanes) is 2. The molecule has 0 spiro atoms. The second-order valence-electron chi connectivity index (χ2n) is 12.4. The van der Waals surface area contributed by atoms with Gasteiger partial charge in [0.05, 0.1) is 13.2 Å². The van der Waals surface area contributed by atoms with E-state index in [0.29, 0.717) is 11.8 Å². The summed E-state index contributed by atoms with van der Waals surface area (Å²) in [4.78, 5) is 2.29. The van der Waals surface area contributed by atoms with Crippen LogP contribution in [0.15, 0.2) is 99.9 Å². The zero-order valence-electron chi connectivity index (χ0n) is 28.6. The van der Waals surface area contributed by atoms with E-state index in [1.807, 2.05) is 6.07 Å². The fourth-order valence-electron chi connectivity index (χ4n) is 5.62. The van der Waals surface area contributed by atoms with Gasteiger partial charge in [-0.3, -0.25) is 0 Å². The van der Waals surface area contributed by atoms with Crippen LogP contribution in [0.5, 0.6) is 11.5 Å². The van der Waals surface area contributed by atoms with Crippen molar-refractivity contribution in [2.75, 3.05) is 18.1 Å². The largest absolute Gasteiger partial charge is 0.493 e. The lowest BCUT2D eigenvalue weighted by molar-refractivity contribution is 0.233. The van der Waals surface area contributed by atoms with Gasteiger partial charge in [0, 0.05) is 26.0 Å². The molecule has 0 aromatic heterocycles. The van der Waals surface area contributed by atoms with E-state index >= 15 is 0 Å². The molecule has 0 aliphatic rings. The quantitative estimate of drug-likeness (QED) is 0.0889. The zero-order valence-corrected chi connectivity index (χ0v) is 31.7. The van der Waals surface area contributed by atoms with E-state index < -0.39 is 0 Å². The van der Waals surface area contributed by atoms with Crippen LogP contribution >= 0.6 is 31.9 Å². The molecule has 0 fully saturated rings. The van der Waals surface area contributed by atoms with Crippen LogP contribution in [0, 0.1) is 11.8 Å². The Morgan fingerprint density at radius 2 is 1.06 bits per heavy atom. The fraction of sp³-hybridized carbons (Fsp3) is 0.381. The maximum atomic E-state index is 6.24. The van der Waals surface area contributed by atoms with Gasteiger partial charge in [-0.15, -0.1) is 0 Å². The Hall–Kier alpha value is -3.02. The molecule has 47 heavy (non-hydrogen) atoms. The molecule has 0 radical (unpaired) electrons. The third kappa shape index (κ3) is 11.6. The van der Waals surface area contributed by atoms with Crippen molar-refractivity contribution in [1.29, 1.82) is 0 Å². The van der Waals surface area contributed by atoms with E-state index in [1.54, 1.807) is 0 Å². The van der Waals surface area contributed by atoms with Crippen LogP contribution in [0.3, 0.4) is 0 Å². The summed E-state index contributed by atoms with van der Waals surface area (Å²) in [5.74, 6) is 3.03. The van der Waals surface area contributed by atoms with Gasteiger partial charge in [-0.05, 0) is 115 Å². The van der Waals surface area contributed by atoms with E-state index in [1.165, 1.54) is 38.5 Å². The molecule has 4 aromatic rings. The van der Waals surface area contributed by atoms with Gasteiger partial charge in [-0.25, -0.2) is 0 Å². The van der Waals surface area contributed by atoms with Crippen LogP contribution in [0.25, 0.3) is 12.2 Å². The number of nitrogens with zero attached hydrogens (tertiary/aromatic N) is 1. The van der Waals surface area contributed by atoms with E-state index in [9.17, 15) is 0 Å². The first kappa shape index (κ1) is 36.8. The number of hydrogen-bond acceptors (Lipinski definition) is 3. The topological polar surface area (TPSA) is 21.7 Å². The van der Waals surface area contributed by atoms with Crippen molar-refractivity contribution in [1.82, 2.24) is 0 Å². The summed E-state index contributed by atoms with van der Waals surface area (Å²) in [6.45, 7) is 10.6. The Kier molecular flexibility index (Phi) is 15.4. The van der Waals surface area contributed by atoms with Gasteiger partial charge in [0.15, 0.2) is 0 Å². The summed E-state index contributed by atoms with van der Waals surface area (Å²) in [5, 5.41) is 0. The van der Waals surface area contributed by atoms with Crippen molar-refractivity contribution in [2.24, 2.45) is 11.8 Å². The maximum absolute atomic E-state index is 6.24. The molecule has 2 atom stereocenters. The van der Waals surface area contributed by atoms with Gasteiger partial charge in [0.2, 0.25) is 0 Å². The van der Waals surface area contributed by atoms with Gasteiger partial charge in [-0.2, -0.15) is 0 Å². The van der Waals surface area contributed by atoms with Crippen LogP contribution in [0.4, 0.5) is 17.1 Å². The SMILES string of the molecule is CCCCC(CC)COc1ccc(N(c2ccc(/C=C/c3cc(Br)ccc3Br)cc2)c2ccc(OCC(CC)CCCC)cc2)cc1. The number of rotatable bonds is 19. The molecule has 0 amide bonds. The van der Waals surface area contributed by atoms with Crippen molar-refractivity contribution in [3.8, 4) is 11.5 Å². The van der Waals surface area contributed by atoms with Crippen LogP contribution in [-0.2, 0) is 0 Å². The molecule has 0 aliphatic heterocycles. The van der Waals surface area contributed by atoms with Crippen molar-refractivity contribution < 1.29 is 9.47 Å². The molecular weight excluding hydrogens is 710 g/mol. The summed E-state index contributed by atoms with van der Waals surface area (Å²) in [7, 11) is 0. The normalized spacial score (nSPS) is 12.6. The maximum Gasteiger partial charge on any atom is 0.119 e. The van der Waals surface area contributed by atoms with Gasteiger partial charge in [0.25, 0.3) is 0 Å². The lowest BCUT2D eigenvalue weighted by atomic mass is 10.0. The molecule has 2 unspecified atom stereocenters. The first-order chi connectivity index (χ1) is 22.9. The summed E-state index contributed by atoms with van der Waals surface area (Å²) in [6, 6.07) is 31.9. The Labute approximate surface area is 300 Å². The van der Waals surface area contributed by atoms with Gasteiger partial charge in [0.1, 0.15) is 11.5 Å². The third-order valence-corrected chi connectivity index (χ3v) is 10.0. The molecule has 250 valence electrons. The predicted octanol–water partition coefficient (Wildman–Crippen LogP) is 14.0. The number of ether oxygens (including phenoxy) is 2. The Morgan fingerprint density at radius 1 is 0.596 bits per heavy atom. The number of hydrogen-bond donors (Lipinski definition) is 0. The number of benzene rings is 4. The predicted molar refractivity (Wildman–Crippen MR) is 209 cm³/mol. The summed E-state index contributed by atoms with van der Waals surface area (Å²) in [6.07, 6.45) is 14.0. The van der Waals surface area contributed by atoms with E-state index in [-0.39, 0.29) is 0 Å². The van der Waals surface area contributed by atoms with Crippen molar-refractivity contribution >= 4 is 61.1 Å². The monoisotopic (exact) mass is 759 g/mol. The second-order valence-corrected chi connectivity index (χ2v) is 14.1. The minimum atomic E-state index is 0.600. The van der Waals surface area contributed by atoms with Crippen molar-refractivity contribution in [2.45, 2.75) is 79.1 Å². The molecule has 0 N–H and O–H groups in total. The van der Waals surface area contributed by atoms with Gasteiger partial charge < -0.3 is 14.4 Å². The highest BCUT2D eigenvalue weighted by molar-refractivity contribution is 9.11. The second kappa shape index (κ2) is 19.7.